The number of hydrogen-bond acceptors (Lipinski definition) is 4. The molecule has 1 atom stereocenters. The predicted molar refractivity (Wildman–Crippen MR) is 42.9 cm³/mol. The van der Waals surface area contributed by atoms with Crippen molar-refractivity contribution in [2.45, 2.75) is 13.0 Å². The van der Waals surface area contributed by atoms with Gasteiger partial charge in [0.15, 0.2) is 5.49 Å². The van der Waals surface area contributed by atoms with Crippen LogP contribution < -0.4 is 10.8 Å². The van der Waals surface area contributed by atoms with Crippen molar-refractivity contribution in [1.29, 1.82) is 0 Å². The van der Waals surface area contributed by atoms with Crippen molar-refractivity contribution in [2.75, 3.05) is 0 Å². The maximum atomic E-state index is 4.31. The zero-order valence-electron chi connectivity index (χ0n) is 6.68. The van der Waals surface area contributed by atoms with Crippen molar-refractivity contribution >= 4 is 0 Å². The smallest absolute Gasteiger partial charge is 0.177 e. The summed E-state index contributed by atoms with van der Waals surface area (Å²) in [7, 11) is 0. The van der Waals surface area contributed by atoms with Crippen LogP contribution in [0.15, 0.2) is 34.8 Å². The Labute approximate surface area is 69.4 Å². The normalized spacial score (nSPS) is 20.2. The third kappa shape index (κ3) is 1.23. The standard InChI is InChI=1S/C8H8N4/c1-6-2-3-10-7-4-9-5-11-8(7)12-6/h2-6H,1H3. The van der Waals surface area contributed by atoms with E-state index in [1.165, 1.54) is 6.33 Å². The minimum atomic E-state index is 0.143. The van der Waals surface area contributed by atoms with Gasteiger partial charge in [-0.25, -0.2) is 9.97 Å². The molecule has 1 aromatic rings. The van der Waals surface area contributed by atoms with Crippen molar-refractivity contribution in [1.82, 2.24) is 9.97 Å². The van der Waals surface area contributed by atoms with Gasteiger partial charge < -0.3 is 0 Å². The third-order valence-corrected chi connectivity index (χ3v) is 1.58. The van der Waals surface area contributed by atoms with Gasteiger partial charge in [0.25, 0.3) is 0 Å². The van der Waals surface area contributed by atoms with Crippen molar-refractivity contribution in [3.63, 3.8) is 0 Å². The molecule has 0 saturated carbocycles. The highest BCUT2D eigenvalue weighted by Gasteiger charge is 1.96. The van der Waals surface area contributed by atoms with E-state index in [2.05, 4.69) is 20.0 Å². The topological polar surface area (TPSA) is 50.5 Å². The molecular formula is C8H8N4. The Balaban J connectivity index is 2.75. The monoisotopic (exact) mass is 160 g/mol. The highest BCUT2D eigenvalue weighted by molar-refractivity contribution is 4.96. The van der Waals surface area contributed by atoms with Crippen LogP contribution in [0.3, 0.4) is 0 Å². The van der Waals surface area contributed by atoms with E-state index in [1.54, 1.807) is 12.4 Å². The lowest BCUT2D eigenvalue weighted by Gasteiger charge is -1.92. The van der Waals surface area contributed by atoms with Gasteiger partial charge in [0, 0.05) is 6.20 Å². The van der Waals surface area contributed by atoms with E-state index in [4.69, 9.17) is 0 Å². The molecule has 0 amide bonds. The summed E-state index contributed by atoms with van der Waals surface area (Å²) >= 11 is 0. The second-order valence-corrected chi connectivity index (χ2v) is 2.57. The van der Waals surface area contributed by atoms with Gasteiger partial charge in [0.1, 0.15) is 11.7 Å². The maximum absolute atomic E-state index is 4.31. The zero-order chi connectivity index (χ0) is 8.39. The van der Waals surface area contributed by atoms with Gasteiger partial charge in [-0.1, -0.05) is 0 Å². The highest BCUT2D eigenvalue weighted by atomic mass is 14.9. The van der Waals surface area contributed by atoms with Crippen LogP contribution in [-0.2, 0) is 0 Å². The number of aromatic nitrogens is 2. The fourth-order valence-corrected chi connectivity index (χ4v) is 0.990. The Morgan fingerprint density at radius 1 is 1.42 bits per heavy atom. The molecule has 2 rings (SSSR count). The molecule has 2 heterocycles. The largest absolute Gasteiger partial charge is 0.257 e. The van der Waals surface area contributed by atoms with Crippen LogP contribution in [-0.4, -0.2) is 16.0 Å². The SMILES string of the molecule is CC1C=CN=c2cncnc2=N1. The molecule has 0 fully saturated rings. The summed E-state index contributed by atoms with van der Waals surface area (Å²) in [4.78, 5) is 16.3. The zero-order valence-corrected chi connectivity index (χ0v) is 6.68. The van der Waals surface area contributed by atoms with E-state index in [0.29, 0.717) is 5.49 Å². The predicted octanol–water partition coefficient (Wildman–Crippen LogP) is -0.368. The molecule has 0 bridgehead atoms. The summed E-state index contributed by atoms with van der Waals surface area (Å²) in [5.41, 5.74) is 0.669. The molecule has 0 aliphatic carbocycles. The second-order valence-electron chi connectivity index (χ2n) is 2.57. The minimum Gasteiger partial charge on any atom is -0.257 e. The molecule has 0 saturated heterocycles. The third-order valence-electron chi connectivity index (χ3n) is 1.58. The van der Waals surface area contributed by atoms with E-state index < -0.39 is 0 Å². The summed E-state index contributed by atoms with van der Waals surface area (Å²) in [5.74, 6) is 0. The first-order chi connectivity index (χ1) is 5.86. The summed E-state index contributed by atoms with van der Waals surface area (Å²) in [5, 5.41) is 0.734. The van der Waals surface area contributed by atoms with E-state index in [1.807, 2.05) is 13.0 Å². The summed E-state index contributed by atoms with van der Waals surface area (Å²) in [6.45, 7) is 1.99. The Morgan fingerprint density at radius 2 is 2.33 bits per heavy atom. The lowest BCUT2D eigenvalue weighted by molar-refractivity contribution is 0.854. The van der Waals surface area contributed by atoms with Gasteiger partial charge in [0.05, 0.1) is 12.2 Å². The molecule has 1 aliphatic rings. The van der Waals surface area contributed by atoms with Gasteiger partial charge in [-0.3, -0.25) is 9.98 Å². The van der Waals surface area contributed by atoms with E-state index in [-0.39, 0.29) is 6.04 Å². The molecule has 1 aromatic heterocycles. The van der Waals surface area contributed by atoms with Gasteiger partial charge in [-0.05, 0) is 13.0 Å². The number of fused-ring (bicyclic) bond motifs is 1. The molecular weight excluding hydrogens is 152 g/mol. The van der Waals surface area contributed by atoms with Crippen molar-refractivity contribution in [2.24, 2.45) is 9.98 Å². The minimum absolute atomic E-state index is 0.143. The van der Waals surface area contributed by atoms with Crippen LogP contribution >= 0.6 is 0 Å². The van der Waals surface area contributed by atoms with Gasteiger partial charge in [-0.2, -0.15) is 0 Å². The van der Waals surface area contributed by atoms with Crippen LogP contribution in [0.2, 0.25) is 0 Å². The van der Waals surface area contributed by atoms with Crippen molar-refractivity contribution in [3.8, 4) is 0 Å². The molecule has 60 valence electrons. The average Bonchev–Trinajstić information content (AvgIpc) is 2.25. The van der Waals surface area contributed by atoms with Crippen LogP contribution in [0, 0.1) is 0 Å². The molecule has 0 aromatic carbocycles. The average molecular weight is 160 g/mol. The molecule has 12 heavy (non-hydrogen) atoms. The van der Waals surface area contributed by atoms with E-state index in [0.717, 1.165) is 5.36 Å². The van der Waals surface area contributed by atoms with E-state index >= 15 is 0 Å². The quantitative estimate of drug-likeness (QED) is 0.520. The number of rotatable bonds is 0. The van der Waals surface area contributed by atoms with Gasteiger partial charge >= 0.3 is 0 Å². The van der Waals surface area contributed by atoms with Crippen LogP contribution in [0.4, 0.5) is 0 Å². The van der Waals surface area contributed by atoms with Crippen LogP contribution in [0.25, 0.3) is 0 Å². The maximum Gasteiger partial charge on any atom is 0.177 e. The Bertz CT molecular complexity index is 421. The summed E-state index contributed by atoms with van der Waals surface area (Å²) in [6.07, 6.45) is 6.80. The van der Waals surface area contributed by atoms with Gasteiger partial charge in [0.2, 0.25) is 0 Å². The summed E-state index contributed by atoms with van der Waals surface area (Å²) < 4.78 is 0. The molecule has 0 radical (unpaired) electrons. The van der Waals surface area contributed by atoms with E-state index in [9.17, 15) is 0 Å². The Hall–Kier alpha value is -1.58. The second kappa shape index (κ2) is 2.81. The van der Waals surface area contributed by atoms with Gasteiger partial charge in [-0.15, -0.1) is 0 Å². The fourth-order valence-electron chi connectivity index (χ4n) is 0.990. The lowest BCUT2D eigenvalue weighted by atomic mass is 10.3. The van der Waals surface area contributed by atoms with Crippen molar-refractivity contribution < 1.29 is 0 Å². The highest BCUT2D eigenvalue weighted by Crippen LogP contribution is 1.90. The molecule has 4 nitrogen and oxygen atoms in total. The molecule has 0 spiro atoms. The van der Waals surface area contributed by atoms with Crippen molar-refractivity contribution in [3.05, 3.63) is 35.6 Å². The van der Waals surface area contributed by atoms with Crippen LogP contribution in [0.1, 0.15) is 6.92 Å². The first kappa shape index (κ1) is 7.09. The number of hydrogen-bond donors (Lipinski definition) is 0. The molecule has 1 aliphatic heterocycles. The molecule has 4 heteroatoms. The molecule has 0 N–H and O–H groups in total. The fraction of sp³-hybridized carbons (Fsp3) is 0.250. The Kier molecular flexibility index (Phi) is 1.66. The number of nitrogens with zero attached hydrogens (tertiary/aromatic N) is 4. The summed E-state index contributed by atoms with van der Waals surface area (Å²) in [6, 6.07) is 0.143. The molecule has 1 unspecified atom stereocenters. The lowest BCUT2D eigenvalue weighted by Crippen LogP contribution is -2.29. The van der Waals surface area contributed by atoms with Crippen LogP contribution in [0.5, 0.6) is 0 Å². The Morgan fingerprint density at radius 3 is 3.25 bits per heavy atom. The first-order valence-electron chi connectivity index (χ1n) is 3.74. The first-order valence-corrected chi connectivity index (χ1v) is 3.74.